The van der Waals surface area contributed by atoms with Crippen LogP contribution in [-0.4, -0.2) is 85.1 Å². The predicted molar refractivity (Wildman–Crippen MR) is 166 cm³/mol. The SMILES string of the molecule is CC(c1c[nH]c2ccccc12)C(NC(=O)OC1CCCNC1)C(=O)N1CCC2(CC1)C[C@@H](C(=O)N(C)C)c1ccccc12. The topological polar surface area (TPSA) is 107 Å². The number of para-hydroxylation sites is 1. The van der Waals surface area contributed by atoms with E-state index in [-0.39, 0.29) is 35.2 Å². The third-order valence-corrected chi connectivity index (χ3v) is 9.95. The fourth-order valence-electron chi connectivity index (χ4n) is 7.54. The fraction of sp³-hybridized carbons (Fsp3) is 0.500. The van der Waals surface area contributed by atoms with Crippen molar-refractivity contribution in [3.63, 3.8) is 0 Å². The van der Waals surface area contributed by atoms with E-state index in [9.17, 15) is 14.4 Å². The smallest absolute Gasteiger partial charge is 0.408 e. The molecule has 43 heavy (non-hydrogen) atoms. The van der Waals surface area contributed by atoms with Crippen molar-refractivity contribution in [3.05, 3.63) is 71.4 Å². The number of hydrogen-bond acceptors (Lipinski definition) is 5. The van der Waals surface area contributed by atoms with E-state index in [2.05, 4.69) is 33.8 Å². The third kappa shape index (κ3) is 5.62. The molecule has 1 aliphatic carbocycles. The second-order valence-electron chi connectivity index (χ2n) is 12.8. The van der Waals surface area contributed by atoms with Gasteiger partial charge in [0.05, 0.1) is 5.92 Å². The molecule has 1 spiro atoms. The number of piperidine rings is 2. The highest BCUT2D eigenvalue weighted by atomic mass is 16.6. The maximum Gasteiger partial charge on any atom is 0.408 e. The van der Waals surface area contributed by atoms with E-state index in [0.717, 1.165) is 60.7 Å². The van der Waals surface area contributed by atoms with Gasteiger partial charge in [-0.15, -0.1) is 0 Å². The average molecular weight is 586 g/mol. The maximum absolute atomic E-state index is 14.3. The van der Waals surface area contributed by atoms with Crippen LogP contribution in [0, 0.1) is 0 Å². The molecule has 2 aromatic carbocycles. The number of carbonyl (C=O) groups excluding carboxylic acids is 3. The number of rotatable bonds is 6. The Hall–Kier alpha value is -3.85. The van der Waals surface area contributed by atoms with Crippen LogP contribution in [0.1, 0.15) is 67.6 Å². The molecule has 9 nitrogen and oxygen atoms in total. The number of benzene rings is 2. The normalized spacial score (nSPS) is 22.5. The second kappa shape index (κ2) is 12.0. The molecule has 3 unspecified atom stereocenters. The number of likely N-dealkylation sites (N-methyl/N-ethyl adjacent to an activating group) is 1. The lowest BCUT2D eigenvalue weighted by Crippen LogP contribution is -2.55. The highest BCUT2D eigenvalue weighted by Gasteiger charge is 2.49. The summed E-state index contributed by atoms with van der Waals surface area (Å²) in [5, 5.41) is 7.29. The van der Waals surface area contributed by atoms with Gasteiger partial charge in [-0.25, -0.2) is 4.79 Å². The zero-order valence-corrected chi connectivity index (χ0v) is 25.4. The van der Waals surface area contributed by atoms with Crippen LogP contribution in [0.3, 0.4) is 0 Å². The Bertz CT molecular complexity index is 1480. The Kier molecular flexibility index (Phi) is 8.18. The molecule has 0 saturated carbocycles. The molecule has 2 fully saturated rings. The number of hydrogen-bond donors (Lipinski definition) is 3. The van der Waals surface area contributed by atoms with Crippen molar-refractivity contribution in [2.45, 2.75) is 68.4 Å². The summed E-state index contributed by atoms with van der Waals surface area (Å²) in [7, 11) is 3.63. The first-order chi connectivity index (χ1) is 20.8. The molecule has 228 valence electrons. The Morgan fingerprint density at radius 1 is 1.07 bits per heavy atom. The van der Waals surface area contributed by atoms with E-state index in [1.165, 1.54) is 5.56 Å². The molecule has 9 heteroatoms. The van der Waals surface area contributed by atoms with Gasteiger partial charge in [-0.2, -0.15) is 0 Å². The fourth-order valence-corrected chi connectivity index (χ4v) is 7.54. The van der Waals surface area contributed by atoms with Crippen molar-refractivity contribution >= 4 is 28.8 Å². The van der Waals surface area contributed by atoms with Gasteiger partial charge < -0.3 is 30.2 Å². The van der Waals surface area contributed by atoms with Crippen molar-refractivity contribution in [3.8, 4) is 0 Å². The van der Waals surface area contributed by atoms with Crippen LogP contribution in [0.5, 0.6) is 0 Å². The molecule has 3 aromatic rings. The molecule has 2 saturated heterocycles. The first-order valence-corrected chi connectivity index (χ1v) is 15.6. The molecule has 1 aromatic heterocycles. The lowest BCUT2D eigenvalue weighted by molar-refractivity contribution is -0.136. The van der Waals surface area contributed by atoms with E-state index in [0.29, 0.717) is 19.6 Å². The summed E-state index contributed by atoms with van der Waals surface area (Å²) in [5.41, 5.74) is 4.20. The number of H-pyrrole nitrogens is 1. The molecule has 3 amide bonds. The predicted octanol–water partition coefficient (Wildman–Crippen LogP) is 4.25. The van der Waals surface area contributed by atoms with Gasteiger partial charge in [0.1, 0.15) is 12.1 Å². The maximum atomic E-state index is 14.3. The van der Waals surface area contributed by atoms with Crippen molar-refractivity contribution < 1.29 is 19.1 Å². The zero-order valence-electron chi connectivity index (χ0n) is 25.4. The molecule has 4 atom stereocenters. The largest absolute Gasteiger partial charge is 0.445 e. The Morgan fingerprint density at radius 3 is 2.56 bits per heavy atom. The first-order valence-electron chi connectivity index (χ1n) is 15.6. The van der Waals surface area contributed by atoms with Crippen LogP contribution in [0.25, 0.3) is 10.9 Å². The summed E-state index contributed by atoms with van der Waals surface area (Å²) >= 11 is 0. The summed E-state index contributed by atoms with van der Waals surface area (Å²) in [4.78, 5) is 47.5. The number of likely N-dealkylation sites (tertiary alicyclic amines) is 1. The molecule has 6 rings (SSSR count). The zero-order chi connectivity index (χ0) is 30.1. The minimum absolute atomic E-state index is 0.0986. The van der Waals surface area contributed by atoms with Crippen LogP contribution in [0.2, 0.25) is 0 Å². The molecule has 3 heterocycles. The summed E-state index contributed by atoms with van der Waals surface area (Å²) in [6, 6.07) is 15.5. The monoisotopic (exact) mass is 585 g/mol. The van der Waals surface area contributed by atoms with Crippen molar-refractivity contribution in [1.29, 1.82) is 0 Å². The Labute approximate surface area is 253 Å². The van der Waals surface area contributed by atoms with Gasteiger partial charge in [-0.05, 0) is 61.4 Å². The molecule has 3 N–H and O–H groups in total. The third-order valence-electron chi connectivity index (χ3n) is 9.95. The van der Waals surface area contributed by atoms with Crippen LogP contribution >= 0.6 is 0 Å². The molecular formula is C34H43N5O4. The van der Waals surface area contributed by atoms with Gasteiger partial charge in [0.15, 0.2) is 0 Å². The van der Waals surface area contributed by atoms with E-state index >= 15 is 0 Å². The number of alkyl carbamates (subject to hydrolysis) is 1. The molecular weight excluding hydrogens is 542 g/mol. The standard InChI is InChI=1S/C34H43N5O4/c1-22(27-21-36-29-13-7-5-11-25(27)29)30(37-33(42)43-23-9-8-16-35-20-23)32(41)39-17-14-34(15-18-39)19-26(31(40)38(2)3)24-10-4-6-12-28(24)34/h4-7,10-13,21-23,26,30,35-36H,8-9,14-20H2,1-3H3,(H,37,42)/t22?,23?,26-,30?/m1/s1. The Balaban J connectivity index is 1.22. The minimum atomic E-state index is -0.781. The number of nitrogens with one attached hydrogen (secondary N) is 3. The highest BCUT2D eigenvalue weighted by Crippen LogP contribution is 2.52. The molecule has 2 aliphatic heterocycles. The van der Waals surface area contributed by atoms with Crippen molar-refractivity contribution in [1.82, 2.24) is 25.4 Å². The number of aromatic nitrogens is 1. The van der Waals surface area contributed by atoms with Crippen LogP contribution in [-0.2, 0) is 19.7 Å². The van der Waals surface area contributed by atoms with E-state index in [1.54, 1.807) is 4.90 Å². The van der Waals surface area contributed by atoms with E-state index in [4.69, 9.17) is 4.74 Å². The van der Waals surface area contributed by atoms with Gasteiger partial charge in [0.2, 0.25) is 11.8 Å². The number of carbonyl (C=O) groups is 3. The number of amides is 3. The van der Waals surface area contributed by atoms with Crippen LogP contribution in [0.15, 0.2) is 54.7 Å². The summed E-state index contributed by atoms with van der Waals surface area (Å²) in [6.07, 6.45) is 5.26. The lowest BCUT2D eigenvalue weighted by Gasteiger charge is -2.42. The molecule has 0 bridgehead atoms. The first kappa shape index (κ1) is 29.2. The lowest BCUT2D eigenvalue weighted by atomic mass is 9.73. The van der Waals surface area contributed by atoms with Crippen LogP contribution in [0.4, 0.5) is 4.79 Å². The van der Waals surface area contributed by atoms with Gasteiger partial charge in [0.25, 0.3) is 0 Å². The summed E-state index contributed by atoms with van der Waals surface area (Å²) in [6.45, 7) is 4.67. The minimum Gasteiger partial charge on any atom is -0.445 e. The van der Waals surface area contributed by atoms with Crippen molar-refractivity contribution in [2.24, 2.45) is 0 Å². The Morgan fingerprint density at radius 2 is 1.81 bits per heavy atom. The van der Waals surface area contributed by atoms with E-state index in [1.807, 2.05) is 62.4 Å². The highest BCUT2D eigenvalue weighted by molar-refractivity contribution is 5.90. The van der Waals surface area contributed by atoms with Crippen molar-refractivity contribution in [2.75, 3.05) is 40.3 Å². The average Bonchev–Trinajstić information content (AvgIpc) is 3.60. The number of aromatic amines is 1. The number of fused-ring (bicyclic) bond motifs is 3. The quantitative estimate of drug-likeness (QED) is 0.401. The molecule has 3 aliphatic rings. The summed E-state index contributed by atoms with van der Waals surface area (Å²) < 4.78 is 5.76. The van der Waals surface area contributed by atoms with Crippen LogP contribution < -0.4 is 10.6 Å². The summed E-state index contributed by atoms with van der Waals surface area (Å²) in [5.74, 6) is -0.412. The molecule has 0 radical (unpaired) electrons. The van der Waals surface area contributed by atoms with Gasteiger partial charge >= 0.3 is 6.09 Å². The number of nitrogens with zero attached hydrogens (tertiary/aromatic N) is 2. The van der Waals surface area contributed by atoms with E-state index < -0.39 is 12.1 Å². The van der Waals surface area contributed by atoms with Gasteiger partial charge in [-0.3, -0.25) is 9.59 Å². The van der Waals surface area contributed by atoms with Gasteiger partial charge in [0, 0.05) is 62.2 Å². The number of ether oxygens (including phenoxy) is 1. The van der Waals surface area contributed by atoms with Gasteiger partial charge in [-0.1, -0.05) is 49.4 Å². The second-order valence-corrected chi connectivity index (χ2v) is 12.8.